The summed E-state index contributed by atoms with van der Waals surface area (Å²) in [4.78, 5) is 0. The third kappa shape index (κ3) is 3.73. The minimum Gasteiger partial charge on any atom is -0.0622 e. The van der Waals surface area contributed by atoms with Gasteiger partial charge in [0.2, 0.25) is 0 Å². The minimum atomic E-state index is -0.119. The van der Waals surface area contributed by atoms with Gasteiger partial charge < -0.3 is 0 Å². The Morgan fingerprint density at radius 3 is 2.17 bits per heavy atom. The lowest BCUT2D eigenvalue weighted by atomic mass is 9.99. The summed E-state index contributed by atoms with van der Waals surface area (Å²) in [5.41, 5.74) is 3.83. The van der Waals surface area contributed by atoms with Gasteiger partial charge in [0.25, 0.3) is 0 Å². The predicted octanol–water partition coefficient (Wildman–Crippen LogP) is 4.99. The Morgan fingerprint density at radius 1 is 0.889 bits per heavy atom. The maximum absolute atomic E-state index is 8.17. The van der Waals surface area contributed by atoms with Crippen molar-refractivity contribution in [2.45, 2.75) is 39.0 Å². The second-order valence-electron chi connectivity index (χ2n) is 5.05. The predicted molar refractivity (Wildman–Crippen MR) is 79.0 cm³/mol. The van der Waals surface area contributed by atoms with Crippen LogP contribution in [0.1, 0.15) is 44.2 Å². The van der Waals surface area contributed by atoms with Crippen LogP contribution in [0, 0.1) is 0 Å². The molecule has 0 heteroatoms. The maximum Gasteiger partial charge on any atom is 0.0316 e. The highest BCUT2D eigenvalue weighted by atomic mass is 14.0. The van der Waals surface area contributed by atoms with Gasteiger partial charge in [-0.05, 0) is 41.8 Å². The van der Waals surface area contributed by atoms with Crippen LogP contribution in [0.25, 0.3) is 0 Å². The first kappa shape index (κ1) is 11.5. The molecule has 1 atom stereocenters. The van der Waals surface area contributed by atoms with Gasteiger partial charge in [-0.1, -0.05) is 68.4 Å². The molecule has 0 aromatic heterocycles. The van der Waals surface area contributed by atoms with E-state index in [-0.39, 0.29) is 6.40 Å². The van der Waals surface area contributed by atoms with Gasteiger partial charge in [0.15, 0.2) is 0 Å². The maximum atomic E-state index is 8.17. The standard InChI is InChI=1S/C18H22/c1-15(2)18-13-11-17(12-14-18)10-6-9-16-7-4-3-5-8-16/h3-5,7-8,11-15H,6,9-10H2,1-2H3/i9T. The summed E-state index contributed by atoms with van der Waals surface area (Å²) in [6, 6.07) is 18.9. The molecule has 0 aliphatic rings. The summed E-state index contributed by atoms with van der Waals surface area (Å²) in [5.74, 6) is 0.585. The van der Waals surface area contributed by atoms with Gasteiger partial charge in [0.1, 0.15) is 0 Å². The van der Waals surface area contributed by atoms with Crippen molar-refractivity contribution < 1.29 is 1.37 Å². The third-order valence-electron chi connectivity index (χ3n) is 3.26. The highest BCUT2D eigenvalue weighted by molar-refractivity contribution is 5.25. The lowest BCUT2D eigenvalue weighted by Crippen LogP contribution is -1.92. The molecule has 0 saturated carbocycles. The molecule has 18 heavy (non-hydrogen) atoms. The Hall–Kier alpha value is -1.56. The quantitative estimate of drug-likeness (QED) is 0.691. The van der Waals surface area contributed by atoms with Crippen LogP contribution >= 0.6 is 0 Å². The zero-order valence-electron chi connectivity index (χ0n) is 12.3. The van der Waals surface area contributed by atoms with Crippen LogP contribution < -0.4 is 0 Å². The van der Waals surface area contributed by atoms with E-state index in [4.69, 9.17) is 1.37 Å². The molecule has 1 unspecified atom stereocenters. The van der Waals surface area contributed by atoms with E-state index in [1.54, 1.807) is 0 Å². The molecule has 0 heterocycles. The Kier molecular flexibility index (Phi) is 4.09. The molecule has 2 aromatic rings. The van der Waals surface area contributed by atoms with Crippen molar-refractivity contribution in [2.24, 2.45) is 0 Å². The Labute approximate surface area is 112 Å². The topological polar surface area (TPSA) is 0 Å². The van der Waals surface area contributed by atoms with E-state index in [0.717, 1.165) is 18.4 Å². The molecule has 0 bridgehead atoms. The summed E-state index contributed by atoms with van der Waals surface area (Å²) in [6.07, 6.45) is 1.73. The van der Waals surface area contributed by atoms with Crippen LogP contribution in [0.3, 0.4) is 0 Å². The second-order valence-corrected chi connectivity index (χ2v) is 5.05. The Balaban J connectivity index is 1.92. The zero-order chi connectivity index (χ0) is 13.7. The van der Waals surface area contributed by atoms with Crippen molar-refractivity contribution in [3.05, 3.63) is 71.3 Å². The fourth-order valence-electron chi connectivity index (χ4n) is 2.06. The average molecular weight is 240 g/mol. The highest BCUT2D eigenvalue weighted by Crippen LogP contribution is 2.16. The summed E-state index contributed by atoms with van der Waals surface area (Å²) in [5, 5.41) is 0. The Morgan fingerprint density at radius 2 is 1.56 bits per heavy atom. The lowest BCUT2D eigenvalue weighted by Gasteiger charge is -2.07. The molecule has 0 fully saturated rings. The van der Waals surface area contributed by atoms with E-state index in [1.165, 1.54) is 11.1 Å². The first-order valence-electron chi connectivity index (χ1n) is 7.30. The molecule has 0 radical (unpaired) electrons. The fraction of sp³-hybridized carbons (Fsp3) is 0.333. The summed E-state index contributed by atoms with van der Waals surface area (Å²) >= 11 is 0. The first-order valence-corrected chi connectivity index (χ1v) is 6.73. The van der Waals surface area contributed by atoms with Crippen LogP contribution in [-0.2, 0) is 12.8 Å². The van der Waals surface area contributed by atoms with Crippen molar-refractivity contribution in [1.29, 1.82) is 0 Å². The van der Waals surface area contributed by atoms with Crippen molar-refractivity contribution in [3.63, 3.8) is 0 Å². The van der Waals surface area contributed by atoms with E-state index in [0.29, 0.717) is 5.92 Å². The van der Waals surface area contributed by atoms with E-state index in [9.17, 15) is 0 Å². The molecule has 0 aliphatic heterocycles. The zero-order valence-corrected chi connectivity index (χ0v) is 11.3. The third-order valence-corrected chi connectivity index (χ3v) is 3.26. The van der Waals surface area contributed by atoms with Gasteiger partial charge in [0.05, 0.1) is 0 Å². The van der Waals surface area contributed by atoms with E-state index < -0.39 is 0 Å². The first-order chi connectivity index (χ1) is 9.16. The monoisotopic (exact) mass is 240 g/mol. The van der Waals surface area contributed by atoms with Gasteiger partial charge >= 0.3 is 0 Å². The smallest absolute Gasteiger partial charge is 0.0316 e. The van der Waals surface area contributed by atoms with Crippen LogP contribution in [0.2, 0.25) is 0 Å². The average Bonchev–Trinajstić information content (AvgIpc) is 2.46. The second kappa shape index (κ2) is 6.39. The molecule has 0 N–H and O–H groups in total. The molecule has 0 amide bonds. The van der Waals surface area contributed by atoms with Gasteiger partial charge in [-0.3, -0.25) is 0 Å². The number of rotatable bonds is 5. The van der Waals surface area contributed by atoms with Gasteiger partial charge in [0, 0.05) is 1.37 Å². The van der Waals surface area contributed by atoms with Crippen molar-refractivity contribution in [2.75, 3.05) is 0 Å². The number of aryl methyl sites for hydroxylation is 2. The van der Waals surface area contributed by atoms with Gasteiger partial charge in [-0.2, -0.15) is 0 Å². The van der Waals surface area contributed by atoms with E-state index in [2.05, 4.69) is 38.1 Å². The highest BCUT2D eigenvalue weighted by Gasteiger charge is 1.99. The van der Waals surface area contributed by atoms with Crippen molar-refractivity contribution >= 4 is 0 Å². The number of benzene rings is 2. The SMILES string of the molecule is [3H]C(CCc1ccc(C(C)C)cc1)c1ccccc1. The normalized spacial score (nSPS) is 13.4. The van der Waals surface area contributed by atoms with Gasteiger partial charge in [-0.15, -0.1) is 0 Å². The largest absolute Gasteiger partial charge is 0.0622 e. The van der Waals surface area contributed by atoms with Crippen LogP contribution in [0.4, 0.5) is 0 Å². The molecule has 2 aromatic carbocycles. The summed E-state index contributed by atoms with van der Waals surface area (Å²) in [7, 11) is 0. The summed E-state index contributed by atoms with van der Waals surface area (Å²) in [6.45, 7) is 4.43. The molecular weight excluding hydrogens is 216 g/mol. The van der Waals surface area contributed by atoms with Crippen molar-refractivity contribution in [3.8, 4) is 0 Å². The molecule has 2 rings (SSSR count). The minimum absolute atomic E-state index is 0.119. The molecule has 94 valence electrons. The molecule has 0 spiro atoms. The number of hydrogen-bond acceptors (Lipinski definition) is 0. The molecular formula is C18H22. The number of hydrogen-bond donors (Lipinski definition) is 0. The van der Waals surface area contributed by atoms with E-state index >= 15 is 0 Å². The molecule has 0 nitrogen and oxygen atoms in total. The lowest BCUT2D eigenvalue weighted by molar-refractivity contribution is 0.816. The van der Waals surface area contributed by atoms with Crippen LogP contribution in [0.5, 0.6) is 0 Å². The Bertz CT molecular complexity index is 485. The fourth-order valence-corrected chi connectivity index (χ4v) is 2.06. The molecule has 0 saturated heterocycles. The van der Waals surface area contributed by atoms with Crippen LogP contribution in [0.15, 0.2) is 54.6 Å². The van der Waals surface area contributed by atoms with Crippen LogP contribution in [-0.4, -0.2) is 0 Å². The molecule has 0 aliphatic carbocycles. The van der Waals surface area contributed by atoms with E-state index in [1.807, 2.05) is 30.3 Å². The van der Waals surface area contributed by atoms with Gasteiger partial charge in [-0.25, -0.2) is 0 Å². The van der Waals surface area contributed by atoms with Crippen molar-refractivity contribution in [1.82, 2.24) is 0 Å². The summed E-state index contributed by atoms with van der Waals surface area (Å²) < 4.78 is 8.17.